The summed E-state index contributed by atoms with van der Waals surface area (Å²) in [6.07, 6.45) is 5.30. The molecule has 1 aliphatic heterocycles. The number of amides is 1. The van der Waals surface area contributed by atoms with Crippen molar-refractivity contribution < 1.29 is 14.1 Å². The van der Waals surface area contributed by atoms with E-state index in [-0.39, 0.29) is 12.0 Å². The van der Waals surface area contributed by atoms with Gasteiger partial charge in [0.2, 0.25) is 0 Å². The SMILES string of the molecule is Cc1oncc1C(=O)N1CCC(Oc2cccc3c2ccn3C)CC1. The molecule has 1 aromatic carbocycles. The summed E-state index contributed by atoms with van der Waals surface area (Å²) < 4.78 is 13.3. The summed E-state index contributed by atoms with van der Waals surface area (Å²) in [7, 11) is 2.03. The average molecular weight is 339 g/mol. The number of carbonyl (C=O) groups excluding carboxylic acids is 1. The van der Waals surface area contributed by atoms with E-state index in [1.165, 1.54) is 6.20 Å². The first-order valence-electron chi connectivity index (χ1n) is 8.55. The third kappa shape index (κ3) is 2.88. The average Bonchev–Trinajstić information content (AvgIpc) is 3.22. The number of hydrogen-bond acceptors (Lipinski definition) is 4. The minimum atomic E-state index is -0.0117. The maximum absolute atomic E-state index is 12.5. The number of ether oxygens (including phenoxy) is 1. The fraction of sp³-hybridized carbons (Fsp3) is 0.368. The molecule has 25 heavy (non-hydrogen) atoms. The minimum absolute atomic E-state index is 0.0117. The van der Waals surface area contributed by atoms with Gasteiger partial charge in [-0.3, -0.25) is 4.79 Å². The van der Waals surface area contributed by atoms with Crippen LogP contribution in [0.1, 0.15) is 29.0 Å². The number of nitrogens with zero attached hydrogens (tertiary/aromatic N) is 3. The first kappa shape index (κ1) is 15.7. The molecule has 4 rings (SSSR count). The van der Waals surface area contributed by atoms with Crippen LogP contribution in [0, 0.1) is 6.92 Å². The quantitative estimate of drug-likeness (QED) is 0.735. The van der Waals surface area contributed by atoms with E-state index in [1.54, 1.807) is 6.92 Å². The molecule has 0 saturated carbocycles. The Labute approximate surface area is 146 Å². The van der Waals surface area contributed by atoms with Crippen LogP contribution in [0.2, 0.25) is 0 Å². The fourth-order valence-electron chi connectivity index (χ4n) is 3.41. The summed E-state index contributed by atoms with van der Waals surface area (Å²) in [5.74, 6) is 1.47. The highest BCUT2D eigenvalue weighted by molar-refractivity contribution is 5.94. The molecule has 3 heterocycles. The van der Waals surface area contributed by atoms with E-state index in [0.717, 1.165) is 29.5 Å². The Morgan fingerprint density at radius 3 is 2.80 bits per heavy atom. The van der Waals surface area contributed by atoms with Crippen LogP contribution >= 0.6 is 0 Å². The molecule has 0 atom stereocenters. The van der Waals surface area contributed by atoms with Crippen LogP contribution in [-0.4, -0.2) is 39.7 Å². The number of aryl methyl sites for hydroxylation is 2. The predicted octanol–water partition coefficient (Wildman–Crippen LogP) is 3.16. The third-order valence-corrected chi connectivity index (χ3v) is 4.89. The Balaban J connectivity index is 1.42. The molecular formula is C19H21N3O3. The van der Waals surface area contributed by atoms with Gasteiger partial charge < -0.3 is 18.7 Å². The van der Waals surface area contributed by atoms with Crippen LogP contribution in [0.25, 0.3) is 10.9 Å². The van der Waals surface area contributed by atoms with Crippen molar-refractivity contribution in [2.24, 2.45) is 7.05 Å². The van der Waals surface area contributed by atoms with E-state index < -0.39 is 0 Å². The highest BCUT2D eigenvalue weighted by Crippen LogP contribution is 2.29. The predicted molar refractivity (Wildman–Crippen MR) is 93.7 cm³/mol. The van der Waals surface area contributed by atoms with Crippen LogP contribution in [0.3, 0.4) is 0 Å². The summed E-state index contributed by atoms with van der Waals surface area (Å²) >= 11 is 0. The smallest absolute Gasteiger partial charge is 0.259 e. The summed E-state index contributed by atoms with van der Waals surface area (Å²) in [6, 6.07) is 8.20. The van der Waals surface area contributed by atoms with E-state index >= 15 is 0 Å². The molecule has 0 unspecified atom stereocenters. The molecule has 0 N–H and O–H groups in total. The standard InChI is InChI=1S/C19H21N3O3/c1-13-16(12-20-25-13)19(23)22-10-6-14(7-11-22)24-18-5-3-4-17-15(18)8-9-21(17)2/h3-5,8-9,12,14H,6-7,10-11H2,1-2H3. The Kier molecular flexibility index (Phi) is 3.95. The number of piperidine rings is 1. The van der Waals surface area contributed by atoms with Crippen LogP contribution in [0.15, 0.2) is 41.2 Å². The first-order valence-corrected chi connectivity index (χ1v) is 8.55. The lowest BCUT2D eigenvalue weighted by atomic mass is 10.1. The zero-order valence-electron chi connectivity index (χ0n) is 14.4. The molecule has 6 nitrogen and oxygen atoms in total. The molecule has 0 spiro atoms. The summed E-state index contributed by atoms with van der Waals surface area (Å²) in [4.78, 5) is 14.4. The third-order valence-electron chi connectivity index (χ3n) is 4.89. The molecule has 1 saturated heterocycles. The zero-order chi connectivity index (χ0) is 17.4. The summed E-state index contributed by atoms with van der Waals surface area (Å²) in [6.45, 7) is 3.12. The van der Waals surface area contributed by atoms with Crippen molar-refractivity contribution in [3.8, 4) is 5.75 Å². The molecule has 1 aliphatic rings. The van der Waals surface area contributed by atoms with Gasteiger partial charge in [-0.05, 0) is 25.1 Å². The number of benzene rings is 1. The first-order chi connectivity index (χ1) is 12.1. The Hall–Kier alpha value is -2.76. The molecule has 6 heteroatoms. The lowest BCUT2D eigenvalue weighted by Crippen LogP contribution is -2.41. The maximum atomic E-state index is 12.5. The van der Waals surface area contributed by atoms with E-state index in [1.807, 2.05) is 30.3 Å². The number of likely N-dealkylation sites (tertiary alicyclic amines) is 1. The van der Waals surface area contributed by atoms with Gasteiger partial charge in [0.05, 0.1) is 11.7 Å². The Morgan fingerprint density at radius 2 is 2.08 bits per heavy atom. The zero-order valence-corrected chi connectivity index (χ0v) is 14.4. The van der Waals surface area contributed by atoms with Crippen LogP contribution in [-0.2, 0) is 7.05 Å². The molecular weight excluding hydrogens is 318 g/mol. The summed E-state index contributed by atoms with van der Waals surface area (Å²) in [5, 5.41) is 4.82. The van der Waals surface area contributed by atoms with Gasteiger partial charge in [0, 0.05) is 44.6 Å². The Morgan fingerprint density at radius 1 is 1.28 bits per heavy atom. The topological polar surface area (TPSA) is 60.5 Å². The Bertz CT molecular complexity index is 904. The second-order valence-electron chi connectivity index (χ2n) is 6.52. The monoisotopic (exact) mass is 339 g/mol. The van der Waals surface area contributed by atoms with Gasteiger partial charge in [-0.2, -0.15) is 0 Å². The van der Waals surface area contributed by atoms with Gasteiger partial charge in [0.25, 0.3) is 5.91 Å². The molecule has 1 amide bonds. The van der Waals surface area contributed by atoms with E-state index in [2.05, 4.69) is 21.9 Å². The van der Waals surface area contributed by atoms with E-state index in [4.69, 9.17) is 9.26 Å². The van der Waals surface area contributed by atoms with Gasteiger partial charge in [-0.1, -0.05) is 11.2 Å². The van der Waals surface area contributed by atoms with Gasteiger partial charge in [0.1, 0.15) is 23.2 Å². The normalized spacial score (nSPS) is 15.7. The van der Waals surface area contributed by atoms with Crippen LogP contribution in [0.4, 0.5) is 0 Å². The van der Waals surface area contributed by atoms with Crippen LogP contribution < -0.4 is 4.74 Å². The highest BCUT2D eigenvalue weighted by atomic mass is 16.5. The van der Waals surface area contributed by atoms with Crippen molar-refractivity contribution in [1.82, 2.24) is 14.6 Å². The lowest BCUT2D eigenvalue weighted by Gasteiger charge is -2.32. The van der Waals surface area contributed by atoms with Gasteiger partial charge >= 0.3 is 0 Å². The van der Waals surface area contributed by atoms with Crippen molar-refractivity contribution in [1.29, 1.82) is 0 Å². The largest absolute Gasteiger partial charge is 0.490 e. The van der Waals surface area contributed by atoms with Crippen molar-refractivity contribution in [2.45, 2.75) is 25.9 Å². The minimum Gasteiger partial charge on any atom is -0.490 e. The van der Waals surface area contributed by atoms with Crippen LogP contribution in [0.5, 0.6) is 5.75 Å². The fourth-order valence-corrected chi connectivity index (χ4v) is 3.41. The lowest BCUT2D eigenvalue weighted by molar-refractivity contribution is 0.0596. The van der Waals surface area contributed by atoms with Gasteiger partial charge in [-0.15, -0.1) is 0 Å². The van der Waals surface area contributed by atoms with Crippen molar-refractivity contribution in [3.05, 3.63) is 48.0 Å². The highest BCUT2D eigenvalue weighted by Gasteiger charge is 2.27. The van der Waals surface area contributed by atoms with Crippen molar-refractivity contribution in [2.75, 3.05) is 13.1 Å². The molecule has 130 valence electrons. The molecule has 0 bridgehead atoms. The van der Waals surface area contributed by atoms with E-state index in [9.17, 15) is 4.79 Å². The second kappa shape index (κ2) is 6.27. The maximum Gasteiger partial charge on any atom is 0.259 e. The number of fused-ring (bicyclic) bond motifs is 1. The molecule has 2 aromatic heterocycles. The molecule has 3 aromatic rings. The second-order valence-corrected chi connectivity index (χ2v) is 6.52. The number of aromatic nitrogens is 2. The van der Waals surface area contributed by atoms with Crippen molar-refractivity contribution in [3.63, 3.8) is 0 Å². The van der Waals surface area contributed by atoms with Crippen molar-refractivity contribution >= 4 is 16.8 Å². The molecule has 0 radical (unpaired) electrons. The number of carbonyl (C=O) groups is 1. The summed E-state index contributed by atoms with van der Waals surface area (Å²) in [5.41, 5.74) is 1.71. The number of rotatable bonds is 3. The molecule has 0 aliphatic carbocycles. The molecule has 1 fully saturated rings. The van der Waals surface area contributed by atoms with Gasteiger partial charge in [-0.25, -0.2) is 0 Å². The number of hydrogen-bond donors (Lipinski definition) is 0. The van der Waals surface area contributed by atoms with Gasteiger partial charge in [0.15, 0.2) is 0 Å². The van der Waals surface area contributed by atoms with E-state index in [0.29, 0.717) is 24.4 Å².